The van der Waals surface area contributed by atoms with E-state index in [1.807, 2.05) is 13.0 Å². The molecule has 84 valence electrons. The molecule has 0 aliphatic heterocycles. The summed E-state index contributed by atoms with van der Waals surface area (Å²) in [6.45, 7) is 1.90. The third-order valence-electron chi connectivity index (χ3n) is 2.12. The Bertz CT molecular complexity index is 575. The first-order chi connectivity index (χ1) is 8.19. The van der Waals surface area contributed by atoms with E-state index in [0.29, 0.717) is 11.3 Å². The van der Waals surface area contributed by atoms with E-state index in [1.165, 1.54) is 0 Å². The Morgan fingerprint density at radius 1 is 1.29 bits per heavy atom. The zero-order valence-corrected chi connectivity index (χ0v) is 10.6. The SMILES string of the molecule is Cc1ccc(C#N)cc1Oc1ncc(Br)cn1. The Hall–Kier alpha value is -1.93. The van der Waals surface area contributed by atoms with Crippen molar-refractivity contribution in [3.05, 3.63) is 46.2 Å². The second-order valence-corrected chi connectivity index (χ2v) is 4.29. The van der Waals surface area contributed by atoms with Gasteiger partial charge < -0.3 is 4.74 Å². The van der Waals surface area contributed by atoms with E-state index >= 15 is 0 Å². The largest absolute Gasteiger partial charge is 0.424 e. The molecule has 0 fully saturated rings. The van der Waals surface area contributed by atoms with Gasteiger partial charge >= 0.3 is 6.01 Å². The monoisotopic (exact) mass is 289 g/mol. The lowest BCUT2D eigenvalue weighted by Crippen LogP contribution is -1.93. The second kappa shape index (κ2) is 4.93. The molecule has 2 rings (SSSR count). The molecule has 2 aromatic rings. The third kappa shape index (κ3) is 2.80. The third-order valence-corrected chi connectivity index (χ3v) is 2.52. The van der Waals surface area contributed by atoms with Crippen molar-refractivity contribution in [3.8, 4) is 17.8 Å². The molecule has 1 aromatic heterocycles. The molecule has 0 bridgehead atoms. The Balaban J connectivity index is 2.29. The molecule has 0 unspecified atom stereocenters. The molecule has 0 amide bonds. The number of nitriles is 1. The summed E-state index contributed by atoms with van der Waals surface area (Å²) in [4.78, 5) is 8.01. The topological polar surface area (TPSA) is 58.8 Å². The van der Waals surface area contributed by atoms with Crippen LogP contribution in [0, 0.1) is 18.3 Å². The number of nitrogens with zero attached hydrogens (tertiary/aromatic N) is 3. The maximum atomic E-state index is 8.81. The maximum Gasteiger partial charge on any atom is 0.321 e. The van der Waals surface area contributed by atoms with Gasteiger partial charge in [-0.05, 0) is 40.5 Å². The van der Waals surface area contributed by atoms with Crippen LogP contribution < -0.4 is 4.74 Å². The number of ether oxygens (including phenoxy) is 1. The van der Waals surface area contributed by atoms with Crippen molar-refractivity contribution in [2.75, 3.05) is 0 Å². The van der Waals surface area contributed by atoms with E-state index in [1.54, 1.807) is 24.5 Å². The van der Waals surface area contributed by atoms with Crippen molar-refractivity contribution in [2.24, 2.45) is 0 Å². The number of rotatable bonds is 2. The number of aryl methyl sites for hydroxylation is 1. The highest BCUT2D eigenvalue weighted by atomic mass is 79.9. The number of hydrogen-bond donors (Lipinski definition) is 0. The van der Waals surface area contributed by atoms with E-state index in [4.69, 9.17) is 10.00 Å². The van der Waals surface area contributed by atoms with Gasteiger partial charge in [0.15, 0.2) is 0 Å². The second-order valence-electron chi connectivity index (χ2n) is 3.38. The molecule has 1 aromatic carbocycles. The Morgan fingerprint density at radius 3 is 2.65 bits per heavy atom. The van der Waals surface area contributed by atoms with Crippen LogP contribution in [0.3, 0.4) is 0 Å². The van der Waals surface area contributed by atoms with Crippen LogP contribution in [0.15, 0.2) is 35.1 Å². The summed E-state index contributed by atoms with van der Waals surface area (Å²) < 4.78 is 6.30. The molecule has 0 saturated heterocycles. The number of benzene rings is 1. The zero-order valence-electron chi connectivity index (χ0n) is 9.01. The minimum absolute atomic E-state index is 0.256. The van der Waals surface area contributed by atoms with E-state index < -0.39 is 0 Å². The fraction of sp³-hybridized carbons (Fsp3) is 0.0833. The lowest BCUT2D eigenvalue weighted by atomic mass is 10.1. The fourth-order valence-electron chi connectivity index (χ4n) is 1.23. The molecule has 0 N–H and O–H groups in total. The Kier molecular flexibility index (Phi) is 3.35. The molecule has 0 spiro atoms. The van der Waals surface area contributed by atoms with Crippen molar-refractivity contribution in [3.63, 3.8) is 0 Å². The molecular weight excluding hydrogens is 282 g/mol. The van der Waals surface area contributed by atoms with Crippen molar-refractivity contribution < 1.29 is 4.74 Å². The summed E-state index contributed by atoms with van der Waals surface area (Å²) in [6, 6.07) is 7.55. The summed E-state index contributed by atoms with van der Waals surface area (Å²) in [7, 11) is 0. The van der Waals surface area contributed by atoms with Crippen LogP contribution in [-0.2, 0) is 0 Å². The number of hydrogen-bond acceptors (Lipinski definition) is 4. The van der Waals surface area contributed by atoms with Gasteiger partial charge in [-0.25, -0.2) is 9.97 Å². The van der Waals surface area contributed by atoms with E-state index in [-0.39, 0.29) is 6.01 Å². The highest BCUT2D eigenvalue weighted by Crippen LogP contribution is 2.23. The van der Waals surface area contributed by atoms with Crippen molar-refractivity contribution >= 4 is 15.9 Å². The molecule has 0 saturated carbocycles. The molecule has 5 heteroatoms. The molecule has 0 aliphatic carbocycles. The van der Waals surface area contributed by atoms with E-state index in [2.05, 4.69) is 32.0 Å². The zero-order chi connectivity index (χ0) is 12.3. The average Bonchev–Trinajstić information content (AvgIpc) is 2.35. The van der Waals surface area contributed by atoms with Crippen LogP contribution in [0.5, 0.6) is 11.8 Å². The van der Waals surface area contributed by atoms with Gasteiger partial charge in [-0.15, -0.1) is 0 Å². The van der Waals surface area contributed by atoms with Gasteiger partial charge in [-0.3, -0.25) is 0 Å². The van der Waals surface area contributed by atoms with Crippen LogP contribution in [0.1, 0.15) is 11.1 Å². The molecule has 0 aliphatic rings. The molecule has 0 atom stereocenters. The number of aromatic nitrogens is 2. The highest BCUT2D eigenvalue weighted by molar-refractivity contribution is 9.10. The van der Waals surface area contributed by atoms with Gasteiger partial charge in [-0.2, -0.15) is 5.26 Å². The Morgan fingerprint density at radius 2 is 2.00 bits per heavy atom. The summed E-state index contributed by atoms with van der Waals surface area (Å²) in [6.07, 6.45) is 3.21. The van der Waals surface area contributed by atoms with Crippen LogP contribution in [0.4, 0.5) is 0 Å². The molecule has 4 nitrogen and oxygen atoms in total. The lowest BCUT2D eigenvalue weighted by molar-refractivity contribution is 0.438. The van der Waals surface area contributed by atoms with Gasteiger partial charge in [0.1, 0.15) is 5.75 Å². The maximum absolute atomic E-state index is 8.81. The van der Waals surface area contributed by atoms with E-state index in [9.17, 15) is 0 Å². The van der Waals surface area contributed by atoms with E-state index in [0.717, 1.165) is 10.0 Å². The normalized spacial score (nSPS) is 9.71. The first-order valence-electron chi connectivity index (χ1n) is 4.85. The molecular formula is C12H8BrN3O. The fourth-order valence-corrected chi connectivity index (χ4v) is 1.44. The summed E-state index contributed by atoms with van der Waals surface area (Å²) in [5.74, 6) is 0.589. The quantitative estimate of drug-likeness (QED) is 0.852. The lowest BCUT2D eigenvalue weighted by Gasteiger charge is -2.06. The Labute approximate surface area is 107 Å². The number of halogens is 1. The van der Waals surface area contributed by atoms with Gasteiger partial charge in [-0.1, -0.05) is 6.07 Å². The van der Waals surface area contributed by atoms with Crippen molar-refractivity contribution in [1.29, 1.82) is 5.26 Å². The molecule has 17 heavy (non-hydrogen) atoms. The highest BCUT2D eigenvalue weighted by Gasteiger charge is 2.05. The van der Waals surface area contributed by atoms with Crippen LogP contribution in [0.2, 0.25) is 0 Å². The predicted molar refractivity (Wildman–Crippen MR) is 65.7 cm³/mol. The van der Waals surface area contributed by atoms with Gasteiger partial charge in [0, 0.05) is 12.4 Å². The van der Waals surface area contributed by atoms with Crippen LogP contribution in [-0.4, -0.2) is 9.97 Å². The van der Waals surface area contributed by atoms with Crippen molar-refractivity contribution in [2.45, 2.75) is 6.92 Å². The van der Waals surface area contributed by atoms with Crippen LogP contribution in [0.25, 0.3) is 0 Å². The minimum atomic E-state index is 0.256. The summed E-state index contributed by atoms with van der Waals surface area (Å²) in [5.41, 5.74) is 1.47. The average molecular weight is 290 g/mol. The van der Waals surface area contributed by atoms with Gasteiger partial charge in [0.25, 0.3) is 0 Å². The minimum Gasteiger partial charge on any atom is -0.424 e. The summed E-state index contributed by atoms with van der Waals surface area (Å²) in [5, 5.41) is 8.81. The smallest absolute Gasteiger partial charge is 0.321 e. The van der Waals surface area contributed by atoms with Crippen molar-refractivity contribution in [1.82, 2.24) is 9.97 Å². The molecule has 1 heterocycles. The first-order valence-corrected chi connectivity index (χ1v) is 5.64. The first kappa shape index (κ1) is 11.6. The predicted octanol–water partition coefficient (Wildman–Crippen LogP) is 3.21. The molecule has 0 radical (unpaired) electrons. The van der Waals surface area contributed by atoms with Gasteiger partial charge in [0.2, 0.25) is 0 Å². The van der Waals surface area contributed by atoms with Crippen LogP contribution >= 0.6 is 15.9 Å². The summed E-state index contributed by atoms with van der Waals surface area (Å²) >= 11 is 3.24. The van der Waals surface area contributed by atoms with Gasteiger partial charge in [0.05, 0.1) is 16.1 Å². The standard InChI is InChI=1S/C12H8BrN3O/c1-8-2-3-9(5-14)4-11(8)17-12-15-6-10(13)7-16-12/h2-4,6-7H,1H3.